The second kappa shape index (κ2) is 6.88. The lowest BCUT2D eigenvalue weighted by Gasteiger charge is -2.35. The van der Waals surface area contributed by atoms with Gasteiger partial charge in [0.15, 0.2) is 0 Å². The zero-order chi connectivity index (χ0) is 19.0. The number of nitrogens with one attached hydrogen (secondary N) is 1. The van der Waals surface area contributed by atoms with E-state index >= 15 is 0 Å². The van der Waals surface area contributed by atoms with Gasteiger partial charge in [-0.25, -0.2) is 8.42 Å². The molecule has 0 atom stereocenters. The number of hydrogen-bond donors (Lipinski definition) is 1. The molecule has 2 aromatic carbocycles. The van der Waals surface area contributed by atoms with Crippen molar-refractivity contribution in [1.82, 2.24) is 0 Å². The van der Waals surface area contributed by atoms with Crippen LogP contribution in [0.2, 0.25) is 0 Å². The molecule has 0 aliphatic carbocycles. The molecule has 142 valence electrons. The van der Waals surface area contributed by atoms with Gasteiger partial charge >= 0.3 is 0 Å². The lowest BCUT2D eigenvalue weighted by molar-refractivity contribution is -0.119. The first-order chi connectivity index (χ1) is 13.0. The number of aryl methyl sites for hydroxylation is 2. The number of para-hydroxylation sites is 1. The van der Waals surface area contributed by atoms with E-state index in [0.29, 0.717) is 30.9 Å². The Labute approximate surface area is 159 Å². The van der Waals surface area contributed by atoms with Crippen LogP contribution in [0.1, 0.15) is 30.9 Å². The van der Waals surface area contributed by atoms with Crippen LogP contribution in [0.3, 0.4) is 0 Å². The first-order valence-electron chi connectivity index (χ1n) is 9.20. The first-order valence-corrected chi connectivity index (χ1v) is 10.7. The van der Waals surface area contributed by atoms with Gasteiger partial charge in [-0.05, 0) is 61.6 Å². The Morgan fingerprint density at radius 2 is 1.85 bits per heavy atom. The maximum absolute atomic E-state index is 12.9. The highest BCUT2D eigenvalue weighted by atomic mass is 32.2. The molecule has 27 heavy (non-hydrogen) atoms. The van der Waals surface area contributed by atoms with Gasteiger partial charge < -0.3 is 9.64 Å². The van der Waals surface area contributed by atoms with Gasteiger partial charge in [0.2, 0.25) is 5.91 Å². The molecular formula is C20H22N2O4S. The molecule has 4 rings (SSSR count). The highest BCUT2D eigenvalue weighted by Gasteiger charge is 2.30. The minimum absolute atomic E-state index is 0.120. The second-order valence-corrected chi connectivity index (χ2v) is 8.43. The van der Waals surface area contributed by atoms with Crippen LogP contribution < -0.4 is 14.4 Å². The first kappa shape index (κ1) is 17.9. The molecule has 1 N–H and O–H groups in total. The Morgan fingerprint density at radius 3 is 2.63 bits per heavy atom. The molecule has 2 heterocycles. The summed E-state index contributed by atoms with van der Waals surface area (Å²) in [5.74, 6) is 0.492. The average molecular weight is 386 g/mol. The van der Waals surface area contributed by atoms with Gasteiger partial charge in [-0.15, -0.1) is 0 Å². The molecule has 0 fully saturated rings. The zero-order valence-electron chi connectivity index (χ0n) is 15.2. The maximum Gasteiger partial charge on any atom is 0.265 e. The number of anilines is 2. The van der Waals surface area contributed by atoms with Crippen molar-refractivity contribution >= 4 is 27.3 Å². The van der Waals surface area contributed by atoms with Crippen molar-refractivity contribution in [3.63, 3.8) is 0 Å². The summed E-state index contributed by atoms with van der Waals surface area (Å²) in [5.41, 5.74) is 3.58. The third-order valence-corrected chi connectivity index (χ3v) is 6.39. The van der Waals surface area contributed by atoms with E-state index in [0.717, 1.165) is 36.2 Å². The summed E-state index contributed by atoms with van der Waals surface area (Å²) in [7, 11) is -3.78. The number of amides is 1. The van der Waals surface area contributed by atoms with E-state index in [1.54, 1.807) is 18.2 Å². The van der Waals surface area contributed by atoms with Crippen LogP contribution in [0.4, 0.5) is 11.4 Å². The molecule has 0 saturated heterocycles. The fourth-order valence-corrected chi connectivity index (χ4v) is 5.06. The standard InChI is InChI=1S/C20H22N2O4S/c1-2-26-17-7-3-4-8-18(17)27(24,25)21-16-12-14-6-5-11-22-19(23)10-9-15(13-16)20(14)22/h3-4,7-8,12-13,21H,2,5-6,9-11H2,1H3. The van der Waals surface area contributed by atoms with Crippen molar-refractivity contribution < 1.29 is 17.9 Å². The number of hydrogen-bond acceptors (Lipinski definition) is 4. The third-order valence-electron chi connectivity index (χ3n) is 4.97. The highest BCUT2D eigenvalue weighted by molar-refractivity contribution is 7.92. The Bertz CT molecular complexity index is 984. The predicted octanol–water partition coefficient (Wildman–Crippen LogP) is 3.11. The Hall–Kier alpha value is -2.54. The lowest BCUT2D eigenvalue weighted by atomic mass is 9.91. The van der Waals surface area contributed by atoms with Gasteiger partial charge in [-0.3, -0.25) is 9.52 Å². The van der Waals surface area contributed by atoms with Gasteiger partial charge in [-0.1, -0.05) is 12.1 Å². The zero-order valence-corrected chi connectivity index (χ0v) is 16.0. The number of carbonyl (C=O) groups is 1. The van der Waals surface area contributed by atoms with Crippen LogP contribution in [0.15, 0.2) is 41.3 Å². The maximum atomic E-state index is 12.9. The van der Waals surface area contributed by atoms with Gasteiger partial charge in [0.25, 0.3) is 10.0 Å². The molecule has 0 spiro atoms. The molecule has 0 radical (unpaired) electrons. The molecule has 2 aliphatic heterocycles. The average Bonchev–Trinajstić information content (AvgIpc) is 2.65. The monoisotopic (exact) mass is 386 g/mol. The fraction of sp³-hybridized carbons (Fsp3) is 0.350. The Morgan fingerprint density at radius 1 is 1.11 bits per heavy atom. The van der Waals surface area contributed by atoms with Crippen molar-refractivity contribution in [1.29, 1.82) is 0 Å². The van der Waals surface area contributed by atoms with Crippen LogP contribution >= 0.6 is 0 Å². The summed E-state index contributed by atoms with van der Waals surface area (Å²) in [5, 5.41) is 0. The predicted molar refractivity (Wildman–Crippen MR) is 104 cm³/mol. The quantitative estimate of drug-likeness (QED) is 0.857. The fourth-order valence-electron chi connectivity index (χ4n) is 3.87. The summed E-state index contributed by atoms with van der Waals surface area (Å²) in [6, 6.07) is 10.3. The Balaban J connectivity index is 1.71. The normalized spacial score (nSPS) is 16.0. The number of rotatable bonds is 5. The molecule has 2 aliphatic rings. The van der Waals surface area contributed by atoms with Crippen molar-refractivity contribution in [3.8, 4) is 5.75 Å². The lowest BCUT2D eigenvalue weighted by Crippen LogP contribution is -2.39. The molecule has 1 amide bonds. The SMILES string of the molecule is CCOc1ccccc1S(=O)(=O)Nc1cc2c3c(c1)CCC(=O)N3CCC2. The second-order valence-electron chi connectivity index (χ2n) is 6.78. The van der Waals surface area contributed by atoms with E-state index in [9.17, 15) is 13.2 Å². The minimum atomic E-state index is -3.78. The van der Waals surface area contributed by atoms with Crippen molar-refractivity contribution in [3.05, 3.63) is 47.5 Å². The van der Waals surface area contributed by atoms with E-state index < -0.39 is 10.0 Å². The minimum Gasteiger partial charge on any atom is -0.492 e. The summed E-state index contributed by atoms with van der Waals surface area (Å²) < 4.78 is 34.0. The molecule has 0 aromatic heterocycles. The van der Waals surface area contributed by atoms with E-state index in [-0.39, 0.29) is 10.8 Å². The largest absolute Gasteiger partial charge is 0.492 e. The van der Waals surface area contributed by atoms with Gasteiger partial charge in [0.1, 0.15) is 10.6 Å². The molecule has 0 saturated carbocycles. The topological polar surface area (TPSA) is 75.7 Å². The van der Waals surface area contributed by atoms with Crippen LogP contribution in [0, 0.1) is 0 Å². The van der Waals surface area contributed by atoms with Crippen molar-refractivity contribution in [2.24, 2.45) is 0 Å². The van der Waals surface area contributed by atoms with Crippen LogP contribution in [0.5, 0.6) is 5.75 Å². The van der Waals surface area contributed by atoms with Crippen LogP contribution in [0.25, 0.3) is 0 Å². The highest BCUT2D eigenvalue weighted by Crippen LogP contribution is 2.38. The summed E-state index contributed by atoms with van der Waals surface area (Å²) >= 11 is 0. The molecular weight excluding hydrogens is 364 g/mol. The number of nitrogens with zero attached hydrogens (tertiary/aromatic N) is 1. The summed E-state index contributed by atoms with van der Waals surface area (Å²) in [4.78, 5) is 14.1. The molecule has 6 nitrogen and oxygen atoms in total. The summed E-state index contributed by atoms with van der Waals surface area (Å²) in [6.45, 7) is 2.95. The van der Waals surface area contributed by atoms with Gasteiger partial charge in [-0.2, -0.15) is 0 Å². The number of ether oxygens (including phenoxy) is 1. The number of carbonyl (C=O) groups excluding carboxylic acids is 1. The van der Waals surface area contributed by atoms with Crippen molar-refractivity contribution in [2.45, 2.75) is 37.5 Å². The van der Waals surface area contributed by atoms with Gasteiger partial charge in [0, 0.05) is 18.7 Å². The van der Waals surface area contributed by atoms with Crippen LogP contribution in [-0.2, 0) is 27.7 Å². The smallest absolute Gasteiger partial charge is 0.265 e. The van der Waals surface area contributed by atoms with Crippen molar-refractivity contribution in [2.75, 3.05) is 22.8 Å². The van der Waals surface area contributed by atoms with Gasteiger partial charge in [0.05, 0.1) is 12.3 Å². The summed E-state index contributed by atoms with van der Waals surface area (Å²) in [6.07, 6.45) is 2.84. The Kier molecular flexibility index (Phi) is 4.55. The molecule has 0 unspecified atom stereocenters. The molecule has 2 aromatic rings. The van der Waals surface area contributed by atoms with E-state index in [1.807, 2.05) is 24.0 Å². The number of benzene rings is 2. The van der Waals surface area contributed by atoms with Crippen LogP contribution in [-0.4, -0.2) is 27.5 Å². The van der Waals surface area contributed by atoms with E-state index in [2.05, 4.69) is 4.72 Å². The van der Waals surface area contributed by atoms with E-state index in [4.69, 9.17) is 4.74 Å². The molecule has 0 bridgehead atoms. The van der Waals surface area contributed by atoms with E-state index in [1.165, 1.54) is 6.07 Å². The number of sulfonamides is 1. The molecule has 7 heteroatoms. The third kappa shape index (κ3) is 3.27.